The zero-order valence-electron chi connectivity index (χ0n) is 10.6. The molecule has 0 spiro atoms. The third kappa shape index (κ3) is 2.25. The monoisotopic (exact) mass is 326 g/mol. The van der Waals surface area contributed by atoms with Gasteiger partial charge in [-0.3, -0.25) is 4.79 Å². The molecule has 1 unspecified atom stereocenters. The van der Waals surface area contributed by atoms with E-state index in [1.54, 1.807) is 25.3 Å². The summed E-state index contributed by atoms with van der Waals surface area (Å²) in [6.07, 6.45) is 3.20. The first-order valence-corrected chi connectivity index (χ1v) is 6.98. The molecular formula is C13H15BrN2O3. The van der Waals surface area contributed by atoms with E-state index in [9.17, 15) is 14.7 Å². The number of likely N-dealkylation sites (tertiary alicyclic amines) is 1. The molecule has 0 aliphatic carbocycles. The van der Waals surface area contributed by atoms with E-state index in [-0.39, 0.29) is 5.91 Å². The number of halogens is 1. The van der Waals surface area contributed by atoms with E-state index >= 15 is 0 Å². The van der Waals surface area contributed by atoms with Crippen molar-refractivity contribution in [2.24, 2.45) is 0 Å². The van der Waals surface area contributed by atoms with Crippen molar-refractivity contribution in [3.05, 3.63) is 28.5 Å². The van der Waals surface area contributed by atoms with E-state index in [1.807, 2.05) is 0 Å². The van der Waals surface area contributed by atoms with Gasteiger partial charge in [-0.25, -0.2) is 9.78 Å². The van der Waals surface area contributed by atoms with E-state index in [4.69, 9.17) is 0 Å². The molecule has 1 aromatic rings. The molecular weight excluding hydrogens is 312 g/mol. The summed E-state index contributed by atoms with van der Waals surface area (Å²) in [6, 6.07) is 3.32. The Morgan fingerprint density at radius 2 is 2.32 bits per heavy atom. The summed E-state index contributed by atoms with van der Waals surface area (Å²) < 4.78 is 0.447. The first kappa shape index (κ1) is 14.0. The summed E-state index contributed by atoms with van der Waals surface area (Å²) in [5.74, 6) is -1.21. The van der Waals surface area contributed by atoms with Gasteiger partial charge in [0.05, 0.1) is 5.56 Å². The zero-order valence-corrected chi connectivity index (χ0v) is 12.2. The Kier molecular flexibility index (Phi) is 3.89. The van der Waals surface area contributed by atoms with Crippen LogP contribution in [0.3, 0.4) is 0 Å². The van der Waals surface area contributed by atoms with Crippen LogP contribution in [-0.2, 0) is 4.79 Å². The van der Waals surface area contributed by atoms with Crippen molar-refractivity contribution in [1.29, 1.82) is 0 Å². The first-order chi connectivity index (χ1) is 9.03. The summed E-state index contributed by atoms with van der Waals surface area (Å²) in [4.78, 5) is 29.6. The van der Waals surface area contributed by atoms with E-state index in [0.717, 1.165) is 0 Å². The third-order valence-electron chi connectivity index (χ3n) is 3.71. The van der Waals surface area contributed by atoms with Gasteiger partial charge in [0.15, 0.2) is 0 Å². The van der Waals surface area contributed by atoms with Gasteiger partial charge in [-0.2, -0.15) is 0 Å². The quantitative estimate of drug-likeness (QED) is 0.865. The Hall–Kier alpha value is -1.43. The average Bonchev–Trinajstić information content (AvgIpc) is 2.83. The molecule has 2 heterocycles. The molecule has 1 N–H and O–H groups in total. The molecule has 5 nitrogen and oxygen atoms in total. The molecule has 1 aliphatic heterocycles. The number of aromatic nitrogens is 1. The SMILES string of the molecule is CCC1(C(=O)O)CCCN1C(=O)c1cccnc1Br. The second kappa shape index (κ2) is 5.28. The lowest BCUT2D eigenvalue weighted by Crippen LogP contribution is -2.52. The van der Waals surface area contributed by atoms with Crippen LogP contribution in [0.15, 0.2) is 22.9 Å². The van der Waals surface area contributed by atoms with Gasteiger partial charge in [-0.15, -0.1) is 0 Å². The number of aliphatic carboxylic acids is 1. The molecule has 0 saturated carbocycles. The van der Waals surface area contributed by atoms with Crippen molar-refractivity contribution in [3.8, 4) is 0 Å². The summed E-state index contributed by atoms with van der Waals surface area (Å²) in [5, 5.41) is 9.48. The molecule has 1 fully saturated rings. The fourth-order valence-corrected chi connectivity index (χ4v) is 3.03. The average molecular weight is 327 g/mol. The maximum Gasteiger partial charge on any atom is 0.329 e. The number of amides is 1. The summed E-state index contributed by atoms with van der Waals surface area (Å²) in [5.41, 5.74) is -0.671. The Morgan fingerprint density at radius 1 is 1.58 bits per heavy atom. The highest BCUT2D eigenvalue weighted by atomic mass is 79.9. The second-order valence-electron chi connectivity index (χ2n) is 4.59. The lowest BCUT2D eigenvalue weighted by Gasteiger charge is -2.34. The molecule has 6 heteroatoms. The summed E-state index contributed by atoms with van der Waals surface area (Å²) >= 11 is 3.23. The largest absolute Gasteiger partial charge is 0.479 e. The van der Waals surface area contributed by atoms with Crippen molar-refractivity contribution in [3.63, 3.8) is 0 Å². The molecule has 0 radical (unpaired) electrons. The van der Waals surface area contributed by atoms with Crippen molar-refractivity contribution in [2.75, 3.05) is 6.54 Å². The second-order valence-corrected chi connectivity index (χ2v) is 5.34. The van der Waals surface area contributed by atoms with E-state index in [1.165, 1.54) is 4.90 Å². The van der Waals surface area contributed by atoms with Crippen molar-refractivity contribution >= 4 is 27.8 Å². The topological polar surface area (TPSA) is 70.5 Å². The highest BCUT2D eigenvalue weighted by molar-refractivity contribution is 9.10. The minimum atomic E-state index is -1.08. The molecule has 1 aromatic heterocycles. The minimum absolute atomic E-state index is 0.276. The van der Waals surface area contributed by atoms with Gasteiger partial charge < -0.3 is 10.0 Å². The van der Waals surface area contributed by atoms with Crippen LogP contribution in [0.4, 0.5) is 0 Å². The molecule has 1 aliphatic rings. The molecule has 0 aromatic carbocycles. The van der Waals surface area contributed by atoms with Gasteiger partial charge in [-0.1, -0.05) is 6.92 Å². The molecule has 1 amide bonds. The fourth-order valence-electron chi connectivity index (χ4n) is 2.61. The maximum atomic E-state index is 12.5. The predicted octanol–water partition coefficient (Wildman–Crippen LogP) is 2.31. The number of carboxylic acids is 1. The smallest absolute Gasteiger partial charge is 0.329 e. The highest BCUT2D eigenvalue weighted by Crippen LogP contribution is 2.34. The third-order valence-corrected chi connectivity index (χ3v) is 4.34. The number of rotatable bonds is 3. The molecule has 1 saturated heterocycles. The number of hydrogen-bond acceptors (Lipinski definition) is 3. The van der Waals surface area contributed by atoms with Gasteiger partial charge in [0.1, 0.15) is 10.1 Å². The number of hydrogen-bond donors (Lipinski definition) is 1. The van der Waals surface area contributed by atoms with E-state index in [2.05, 4.69) is 20.9 Å². The number of carbonyl (C=O) groups excluding carboxylic acids is 1. The van der Waals surface area contributed by atoms with Gasteiger partial charge in [0.2, 0.25) is 0 Å². The van der Waals surface area contributed by atoms with Crippen molar-refractivity contribution < 1.29 is 14.7 Å². The molecule has 2 rings (SSSR count). The number of carboxylic acid groups (broad SMARTS) is 1. The summed E-state index contributed by atoms with van der Waals surface area (Å²) in [7, 11) is 0. The van der Waals surface area contributed by atoms with Crippen LogP contribution in [0, 0.1) is 0 Å². The van der Waals surface area contributed by atoms with Crippen LogP contribution < -0.4 is 0 Å². The number of pyridine rings is 1. The van der Waals surface area contributed by atoms with Crippen LogP contribution in [0.5, 0.6) is 0 Å². The Balaban J connectivity index is 2.38. The lowest BCUT2D eigenvalue weighted by molar-refractivity contribution is -0.148. The van der Waals surface area contributed by atoms with Crippen molar-refractivity contribution in [2.45, 2.75) is 31.7 Å². The van der Waals surface area contributed by atoms with Gasteiger partial charge in [-0.05, 0) is 47.3 Å². The predicted molar refractivity (Wildman–Crippen MR) is 72.9 cm³/mol. The number of carbonyl (C=O) groups is 2. The van der Waals surface area contributed by atoms with Gasteiger partial charge >= 0.3 is 5.97 Å². The van der Waals surface area contributed by atoms with E-state index in [0.29, 0.717) is 36.0 Å². The fraction of sp³-hybridized carbons (Fsp3) is 0.462. The highest BCUT2D eigenvalue weighted by Gasteiger charge is 2.48. The molecule has 19 heavy (non-hydrogen) atoms. The van der Waals surface area contributed by atoms with Gasteiger partial charge in [0, 0.05) is 12.7 Å². The molecule has 1 atom stereocenters. The zero-order chi connectivity index (χ0) is 14.0. The molecule has 102 valence electrons. The maximum absolute atomic E-state index is 12.5. The molecule has 0 bridgehead atoms. The Labute approximate surface area is 119 Å². The summed E-state index contributed by atoms with van der Waals surface area (Å²) in [6.45, 7) is 2.28. The van der Waals surface area contributed by atoms with E-state index < -0.39 is 11.5 Å². The minimum Gasteiger partial charge on any atom is -0.479 e. The lowest BCUT2D eigenvalue weighted by atomic mass is 9.92. The van der Waals surface area contributed by atoms with Crippen LogP contribution in [0.1, 0.15) is 36.5 Å². The van der Waals surface area contributed by atoms with Crippen LogP contribution in [-0.4, -0.2) is 39.0 Å². The Bertz CT molecular complexity index is 520. The van der Waals surface area contributed by atoms with Crippen molar-refractivity contribution in [1.82, 2.24) is 9.88 Å². The van der Waals surface area contributed by atoms with Gasteiger partial charge in [0.25, 0.3) is 5.91 Å². The van der Waals surface area contributed by atoms with Crippen LogP contribution in [0.2, 0.25) is 0 Å². The Morgan fingerprint density at radius 3 is 2.89 bits per heavy atom. The van der Waals surface area contributed by atoms with Crippen LogP contribution >= 0.6 is 15.9 Å². The normalized spacial score (nSPS) is 22.5. The standard InChI is InChI=1S/C13H15BrN2O3/c1-2-13(12(18)19)6-4-8-16(13)11(17)9-5-3-7-15-10(9)14/h3,5,7H,2,4,6,8H2,1H3,(H,18,19). The number of nitrogens with zero attached hydrogens (tertiary/aromatic N) is 2. The van der Waals surface area contributed by atoms with Crippen LogP contribution in [0.25, 0.3) is 0 Å². The first-order valence-electron chi connectivity index (χ1n) is 6.19.